The fraction of sp³-hybridized carbons (Fsp3) is 0.318. The van der Waals surface area contributed by atoms with Gasteiger partial charge in [-0.2, -0.15) is 0 Å². The molecule has 0 spiro atoms. The molecule has 28 heavy (non-hydrogen) atoms. The number of likely N-dealkylation sites (tertiary alicyclic amines) is 1. The number of hydrogen-bond acceptors (Lipinski definition) is 3. The minimum atomic E-state index is 0.0165. The Bertz CT molecular complexity index is 833. The molecule has 1 N–H and O–H groups in total. The third-order valence-corrected chi connectivity index (χ3v) is 5.56. The fourth-order valence-electron chi connectivity index (χ4n) is 3.31. The number of nitrogens with one attached hydrogen (secondary N) is 1. The van der Waals surface area contributed by atoms with E-state index in [1.54, 1.807) is 6.08 Å². The third kappa shape index (κ3) is 5.74. The van der Waals surface area contributed by atoms with Crippen molar-refractivity contribution in [1.29, 1.82) is 0 Å². The molecule has 2 aromatic carbocycles. The maximum absolute atomic E-state index is 12.6. The maximum Gasteiger partial charge on any atom is 0.227 e. The Balaban J connectivity index is 1.49. The number of carbonyl (C=O) groups excluding carboxylic acids is 1. The van der Waals surface area contributed by atoms with Gasteiger partial charge < -0.3 is 10.1 Å². The van der Waals surface area contributed by atoms with Crippen LogP contribution in [0.5, 0.6) is 5.75 Å². The second-order valence-electron chi connectivity index (χ2n) is 6.92. The van der Waals surface area contributed by atoms with Crippen molar-refractivity contribution >= 4 is 34.8 Å². The van der Waals surface area contributed by atoms with E-state index in [2.05, 4.69) is 16.8 Å². The van der Waals surface area contributed by atoms with Crippen LogP contribution in [-0.4, -0.2) is 30.5 Å². The quantitative estimate of drug-likeness (QED) is 0.611. The number of benzene rings is 2. The molecule has 1 amide bonds. The number of halogens is 2. The summed E-state index contributed by atoms with van der Waals surface area (Å²) in [7, 11) is 0. The van der Waals surface area contributed by atoms with Gasteiger partial charge in [0.1, 0.15) is 12.4 Å². The number of rotatable bonds is 7. The Kier molecular flexibility index (Phi) is 7.37. The Labute approximate surface area is 176 Å². The zero-order valence-electron chi connectivity index (χ0n) is 15.7. The van der Waals surface area contributed by atoms with Gasteiger partial charge in [-0.25, -0.2) is 0 Å². The summed E-state index contributed by atoms with van der Waals surface area (Å²) in [5.74, 6) is 0.798. The van der Waals surface area contributed by atoms with Crippen molar-refractivity contribution in [3.8, 4) is 5.75 Å². The van der Waals surface area contributed by atoms with Gasteiger partial charge in [0, 0.05) is 24.2 Å². The average molecular weight is 419 g/mol. The Morgan fingerprint density at radius 3 is 2.68 bits per heavy atom. The second kappa shape index (κ2) is 9.97. The van der Waals surface area contributed by atoms with Crippen LogP contribution in [0.4, 0.5) is 5.69 Å². The summed E-state index contributed by atoms with van der Waals surface area (Å²) < 4.78 is 5.52. The summed E-state index contributed by atoms with van der Waals surface area (Å²) in [6, 6.07) is 13.2. The summed E-state index contributed by atoms with van der Waals surface area (Å²) >= 11 is 12.1. The van der Waals surface area contributed by atoms with Crippen molar-refractivity contribution in [3.05, 3.63) is 70.7 Å². The van der Waals surface area contributed by atoms with Crippen molar-refractivity contribution < 1.29 is 9.53 Å². The normalized spacial score (nSPS) is 15.2. The van der Waals surface area contributed by atoms with Gasteiger partial charge in [0.25, 0.3) is 0 Å². The first kappa shape index (κ1) is 20.7. The minimum absolute atomic E-state index is 0.0165. The number of nitrogens with zero attached hydrogens (tertiary/aromatic N) is 1. The lowest BCUT2D eigenvalue weighted by atomic mass is 9.95. The summed E-state index contributed by atoms with van der Waals surface area (Å²) in [6.07, 6.45) is 3.36. The first-order chi connectivity index (χ1) is 13.5. The minimum Gasteiger partial charge on any atom is -0.489 e. The van der Waals surface area contributed by atoms with E-state index in [4.69, 9.17) is 27.9 Å². The van der Waals surface area contributed by atoms with Crippen molar-refractivity contribution in [3.63, 3.8) is 0 Å². The van der Waals surface area contributed by atoms with Crippen LogP contribution in [0.25, 0.3) is 0 Å². The van der Waals surface area contributed by atoms with Gasteiger partial charge in [0.15, 0.2) is 0 Å². The highest BCUT2D eigenvalue weighted by Gasteiger charge is 2.25. The molecule has 1 fully saturated rings. The van der Waals surface area contributed by atoms with E-state index in [0.717, 1.165) is 43.7 Å². The van der Waals surface area contributed by atoms with Crippen molar-refractivity contribution in [2.75, 3.05) is 25.0 Å². The third-order valence-electron chi connectivity index (χ3n) is 4.82. The van der Waals surface area contributed by atoms with Gasteiger partial charge in [-0.3, -0.25) is 9.69 Å². The van der Waals surface area contributed by atoms with Gasteiger partial charge in [-0.15, -0.1) is 0 Å². The van der Waals surface area contributed by atoms with Crippen LogP contribution >= 0.6 is 23.2 Å². The van der Waals surface area contributed by atoms with E-state index in [1.807, 2.05) is 42.5 Å². The first-order valence-corrected chi connectivity index (χ1v) is 10.1. The predicted octanol–water partition coefficient (Wildman–Crippen LogP) is 5.41. The van der Waals surface area contributed by atoms with Crippen LogP contribution in [0, 0.1) is 5.92 Å². The molecule has 148 valence electrons. The molecule has 0 bridgehead atoms. The Morgan fingerprint density at radius 1 is 1.18 bits per heavy atom. The van der Waals surface area contributed by atoms with Crippen molar-refractivity contribution in [1.82, 2.24) is 4.90 Å². The molecule has 0 saturated carbocycles. The molecular weight excluding hydrogens is 395 g/mol. The number of ether oxygens (including phenoxy) is 1. The molecule has 1 heterocycles. The van der Waals surface area contributed by atoms with Crippen LogP contribution in [-0.2, 0) is 11.3 Å². The van der Waals surface area contributed by atoms with Crippen LogP contribution in [0.15, 0.2) is 55.1 Å². The molecule has 6 heteroatoms. The topological polar surface area (TPSA) is 41.6 Å². The maximum atomic E-state index is 12.6. The number of hydrogen-bond donors (Lipinski definition) is 1. The second-order valence-corrected chi connectivity index (χ2v) is 7.73. The highest BCUT2D eigenvalue weighted by Crippen LogP contribution is 2.26. The molecule has 4 nitrogen and oxygen atoms in total. The van der Waals surface area contributed by atoms with Crippen LogP contribution in [0.3, 0.4) is 0 Å². The summed E-state index contributed by atoms with van der Waals surface area (Å²) in [5, 5.41) is 4.16. The zero-order valence-corrected chi connectivity index (χ0v) is 17.2. The summed E-state index contributed by atoms with van der Waals surface area (Å²) in [6.45, 7) is 6.64. The first-order valence-electron chi connectivity index (χ1n) is 9.36. The molecule has 0 aliphatic carbocycles. The summed E-state index contributed by atoms with van der Waals surface area (Å²) in [4.78, 5) is 15.0. The molecule has 1 aliphatic heterocycles. The standard InChI is InChI=1S/C22H24Cl2N2O2/c1-2-12-28-19-5-3-4-18(14-19)25-22(27)17-8-10-26(11-9-17)15-16-6-7-20(23)21(24)13-16/h2-7,13-14,17H,1,8-12,15H2,(H,25,27). The molecule has 1 aliphatic rings. The lowest BCUT2D eigenvalue weighted by Crippen LogP contribution is -2.37. The zero-order chi connectivity index (χ0) is 19.9. The van der Waals surface area contributed by atoms with E-state index in [1.165, 1.54) is 0 Å². The van der Waals surface area contributed by atoms with Crippen LogP contribution < -0.4 is 10.1 Å². The van der Waals surface area contributed by atoms with Gasteiger partial charge in [-0.1, -0.05) is 48.0 Å². The molecule has 3 rings (SSSR count). The Morgan fingerprint density at radius 2 is 1.96 bits per heavy atom. The number of carbonyl (C=O) groups is 1. The van der Waals surface area contributed by atoms with E-state index in [9.17, 15) is 4.79 Å². The molecule has 0 aromatic heterocycles. The molecule has 2 aromatic rings. The Hall–Kier alpha value is -2.01. The number of amides is 1. The van der Waals surface area contributed by atoms with Crippen LogP contribution in [0.2, 0.25) is 10.0 Å². The van der Waals surface area contributed by atoms with Crippen molar-refractivity contribution in [2.45, 2.75) is 19.4 Å². The van der Waals surface area contributed by atoms with Gasteiger partial charge in [0.2, 0.25) is 5.91 Å². The monoisotopic (exact) mass is 418 g/mol. The van der Waals surface area contributed by atoms with E-state index in [-0.39, 0.29) is 11.8 Å². The predicted molar refractivity (Wildman–Crippen MR) is 115 cm³/mol. The average Bonchev–Trinajstić information content (AvgIpc) is 2.70. The molecule has 1 saturated heterocycles. The van der Waals surface area contributed by atoms with Gasteiger partial charge >= 0.3 is 0 Å². The van der Waals surface area contributed by atoms with E-state index >= 15 is 0 Å². The molecule has 0 radical (unpaired) electrons. The highest BCUT2D eigenvalue weighted by molar-refractivity contribution is 6.42. The van der Waals surface area contributed by atoms with Gasteiger partial charge in [0.05, 0.1) is 10.0 Å². The van der Waals surface area contributed by atoms with Crippen molar-refractivity contribution in [2.24, 2.45) is 5.92 Å². The SMILES string of the molecule is C=CCOc1cccc(NC(=O)C2CCN(Cc3ccc(Cl)c(Cl)c3)CC2)c1. The van der Waals surface area contributed by atoms with E-state index < -0.39 is 0 Å². The molecular formula is C22H24Cl2N2O2. The molecule has 0 unspecified atom stereocenters. The fourth-order valence-corrected chi connectivity index (χ4v) is 3.63. The lowest BCUT2D eigenvalue weighted by molar-refractivity contribution is -0.121. The smallest absolute Gasteiger partial charge is 0.227 e. The lowest BCUT2D eigenvalue weighted by Gasteiger charge is -2.31. The molecule has 0 atom stereocenters. The largest absolute Gasteiger partial charge is 0.489 e. The highest BCUT2D eigenvalue weighted by atomic mass is 35.5. The van der Waals surface area contributed by atoms with Gasteiger partial charge in [-0.05, 0) is 55.8 Å². The summed E-state index contributed by atoms with van der Waals surface area (Å²) in [5.41, 5.74) is 1.89. The van der Waals surface area contributed by atoms with Crippen LogP contribution in [0.1, 0.15) is 18.4 Å². The number of piperidine rings is 1. The van der Waals surface area contributed by atoms with E-state index in [0.29, 0.717) is 22.4 Å². The number of anilines is 1.